The van der Waals surface area contributed by atoms with E-state index in [0.717, 1.165) is 11.3 Å². The number of β-lactam (4-membered cyclic amide) rings is 1. The molecule has 0 aliphatic carbocycles. The first kappa shape index (κ1) is 32.2. The van der Waals surface area contributed by atoms with Crippen LogP contribution in [0.3, 0.4) is 0 Å². The number of esters is 3. The number of anilines is 1. The van der Waals surface area contributed by atoms with Crippen molar-refractivity contribution in [3.8, 4) is 5.75 Å². The van der Waals surface area contributed by atoms with Crippen LogP contribution in [0.25, 0.3) is 0 Å². The van der Waals surface area contributed by atoms with Gasteiger partial charge in [-0.25, -0.2) is 14.6 Å². The summed E-state index contributed by atoms with van der Waals surface area (Å²) in [5.41, 5.74) is 11.5. The van der Waals surface area contributed by atoms with E-state index in [1.165, 1.54) is 53.4 Å². The molecular formula is C27H28N6O9S2. The number of amides is 2. The number of hydrogen-bond acceptors (Lipinski definition) is 15. The number of hydrogen-bond donors (Lipinski definition) is 3. The second-order valence-electron chi connectivity index (χ2n) is 8.92. The van der Waals surface area contributed by atoms with Gasteiger partial charge in [-0.2, -0.15) is 0 Å². The zero-order chi connectivity index (χ0) is 31.8. The number of fused-ring (bicyclic) bond motifs is 1. The molecule has 3 heterocycles. The Hall–Kier alpha value is -4.74. The maximum absolute atomic E-state index is 13.3. The molecule has 17 heteroatoms. The number of nitrogens with one attached hydrogen (secondary N) is 1. The number of nitrogen functional groups attached to an aromatic ring is 1. The summed E-state index contributed by atoms with van der Waals surface area (Å²) in [5, 5.41) is 7.50. The summed E-state index contributed by atoms with van der Waals surface area (Å²) in [6.45, 7) is 0.883. The molecule has 5 N–H and O–H groups in total. The van der Waals surface area contributed by atoms with Crippen LogP contribution in [0, 0.1) is 0 Å². The van der Waals surface area contributed by atoms with Crippen LogP contribution in [0.15, 0.2) is 58.2 Å². The number of allylic oxidation sites excluding steroid dienone is 2. The van der Waals surface area contributed by atoms with Crippen LogP contribution in [0.5, 0.6) is 5.75 Å². The number of ether oxygens (including phenoxy) is 3. The molecule has 0 saturated carbocycles. The van der Waals surface area contributed by atoms with Gasteiger partial charge in [-0.15, -0.1) is 23.1 Å². The standard InChI is InChI=1S/C27H28N6O9S2/c1-3-4-5-15-11-43-24-20(31-22(35)19(32-39-2)17-12-44-27(29)30-17)23(36)33(24)21(15)26(38)41-13-40-25(37)14-6-8-16(9-7-14)42-18(34)10-28/h4-9,12,20,24H,3,10-11,13,28H2,1-2H3,(H2,29,30)(H,31,35)/t20-,24+/m1/s1. The maximum atomic E-state index is 13.3. The minimum absolute atomic E-state index is 0.0193. The summed E-state index contributed by atoms with van der Waals surface area (Å²) >= 11 is 2.46. The number of nitrogens with zero attached hydrogens (tertiary/aromatic N) is 3. The van der Waals surface area contributed by atoms with E-state index in [-0.39, 0.29) is 40.1 Å². The van der Waals surface area contributed by atoms with E-state index in [2.05, 4.69) is 15.5 Å². The van der Waals surface area contributed by atoms with E-state index in [9.17, 15) is 24.0 Å². The van der Waals surface area contributed by atoms with Gasteiger partial charge in [0.2, 0.25) is 6.79 Å². The smallest absolute Gasteiger partial charge is 0.358 e. The van der Waals surface area contributed by atoms with E-state index in [1.807, 2.05) is 13.0 Å². The lowest BCUT2D eigenvalue weighted by molar-refractivity contribution is -0.157. The molecule has 2 aliphatic heterocycles. The highest BCUT2D eigenvalue weighted by Crippen LogP contribution is 2.41. The molecule has 1 aromatic carbocycles. The third-order valence-corrected chi connectivity index (χ3v) is 8.04. The Morgan fingerprint density at radius 3 is 2.55 bits per heavy atom. The Morgan fingerprint density at radius 1 is 1.18 bits per heavy atom. The van der Waals surface area contributed by atoms with Gasteiger partial charge in [0.25, 0.3) is 11.8 Å². The Kier molecular flexibility index (Phi) is 10.7. The van der Waals surface area contributed by atoms with E-state index < -0.39 is 47.9 Å². The van der Waals surface area contributed by atoms with Crippen molar-refractivity contribution in [3.05, 3.63) is 64.3 Å². The summed E-state index contributed by atoms with van der Waals surface area (Å²) in [6.07, 6.45) is 4.23. The average Bonchev–Trinajstić information content (AvgIpc) is 3.46. The summed E-state index contributed by atoms with van der Waals surface area (Å²) in [5.74, 6) is -3.06. The first-order valence-corrected chi connectivity index (χ1v) is 14.9. The highest BCUT2D eigenvalue weighted by atomic mass is 32.2. The normalized spacial score (nSPS) is 17.9. The van der Waals surface area contributed by atoms with Crippen LogP contribution in [-0.4, -0.2) is 82.9 Å². The maximum Gasteiger partial charge on any atom is 0.358 e. The van der Waals surface area contributed by atoms with Gasteiger partial charge >= 0.3 is 17.9 Å². The number of thiazole rings is 1. The van der Waals surface area contributed by atoms with Crippen LogP contribution in [-0.2, 0) is 33.5 Å². The highest BCUT2D eigenvalue weighted by molar-refractivity contribution is 8.00. The number of carbonyl (C=O) groups excluding carboxylic acids is 5. The Morgan fingerprint density at radius 2 is 1.91 bits per heavy atom. The molecule has 4 rings (SSSR count). The SMILES string of the molecule is CCC=CC1=C(C(=O)OCOC(=O)c2ccc(OC(=O)CN)cc2)N2C(=O)[C@@H](NC(=O)C(=NOC)c3csc(N)n3)[C@@H]2SC1. The number of carbonyl (C=O) groups is 5. The summed E-state index contributed by atoms with van der Waals surface area (Å²) in [6, 6.07) is 4.52. The minimum atomic E-state index is -0.977. The third-order valence-electron chi connectivity index (χ3n) is 6.06. The fraction of sp³-hybridized carbons (Fsp3) is 0.296. The molecule has 1 aromatic heterocycles. The van der Waals surface area contributed by atoms with Crippen molar-refractivity contribution in [2.45, 2.75) is 24.8 Å². The van der Waals surface area contributed by atoms with Crippen molar-refractivity contribution >= 4 is 63.7 Å². The van der Waals surface area contributed by atoms with Crippen LogP contribution < -0.4 is 21.5 Å². The first-order valence-electron chi connectivity index (χ1n) is 13.0. The molecule has 2 amide bonds. The van der Waals surface area contributed by atoms with Gasteiger partial charge in [-0.3, -0.25) is 19.3 Å². The van der Waals surface area contributed by atoms with E-state index in [1.54, 1.807) is 6.08 Å². The molecule has 2 aromatic rings. The number of rotatable bonds is 12. The topological polar surface area (TPSA) is 215 Å². The second-order valence-corrected chi connectivity index (χ2v) is 10.9. The summed E-state index contributed by atoms with van der Waals surface area (Å²) in [4.78, 5) is 73.3. The van der Waals surface area contributed by atoms with Gasteiger partial charge in [0.15, 0.2) is 10.8 Å². The zero-order valence-corrected chi connectivity index (χ0v) is 25.1. The molecule has 232 valence electrons. The Labute approximate surface area is 259 Å². The lowest BCUT2D eigenvalue weighted by atomic mass is 10.0. The summed E-state index contributed by atoms with van der Waals surface area (Å²) in [7, 11) is 1.26. The van der Waals surface area contributed by atoms with Crippen LogP contribution >= 0.6 is 23.1 Å². The average molecular weight is 645 g/mol. The molecule has 1 fully saturated rings. The highest BCUT2D eigenvalue weighted by Gasteiger charge is 2.54. The Balaban J connectivity index is 1.41. The number of oxime groups is 1. The molecule has 0 bridgehead atoms. The first-order chi connectivity index (χ1) is 21.2. The predicted octanol–water partition coefficient (Wildman–Crippen LogP) is 0.918. The number of aromatic nitrogens is 1. The Bertz CT molecular complexity index is 1540. The largest absolute Gasteiger partial charge is 0.426 e. The molecule has 44 heavy (non-hydrogen) atoms. The van der Waals surface area contributed by atoms with Crippen LogP contribution in [0.2, 0.25) is 0 Å². The van der Waals surface area contributed by atoms with Gasteiger partial charge in [-0.1, -0.05) is 24.2 Å². The zero-order valence-electron chi connectivity index (χ0n) is 23.5. The summed E-state index contributed by atoms with van der Waals surface area (Å²) < 4.78 is 15.2. The monoisotopic (exact) mass is 644 g/mol. The molecule has 0 unspecified atom stereocenters. The quantitative estimate of drug-likeness (QED) is 0.0733. The lowest BCUT2D eigenvalue weighted by Gasteiger charge is -2.49. The van der Waals surface area contributed by atoms with Crippen LogP contribution in [0.1, 0.15) is 29.4 Å². The number of thioether (sulfide) groups is 1. The van der Waals surface area contributed by atoms with Gasteiger partial charge < -0.3 is 35.8 Å². The molecule has 0 spiro atoms. The van der Waals surface area contributed by atoms with Crippen molar-refractivity contribution < 1.29 is 43.0 Å². The van der Waals surface area contributed by atoms with E-state index >= 15 is 0 Å². The fourth-order valence-electron chi connectivity index (χ4n) is 4.04. The van der Waals surface area contributed by atoms with Crippen molar-refractivity contribution in [1.82, 2.24) is 15.2 Å². The molecule has 2 atom stereocenters. The molecule has 1 saturated heterocycles. The molecule has 2 aliphatic rings. The predicted molar refractivity (Wildman–Crippen MR) is 159 cm³/mol. The molecular weight excluding hydrogens is 616 g/mol. The van der Waals surface area contributed by atoms with Gasteiger partial charge in [0, 0.05) is 11.1 Å². The number of nitrogens with two attached hydrogens (primary N) is 2. The molecule has 0 radical (unpaired) electrons. The fourth-order valence-corrected chi connectivity index (χ4v) is 5.91. The van der Waals surface area contributed by atoms with E-state index in [0.29, 0.717) is 17.7 Å². The molecule has 15 nitrogen and oxygen atoms in total. The lowest BCUT2D eigenvalue weighted by Crippen LogP contribution is -2.71. The van der Waals surface area contributed by atoms with Gasteiger partial charge in [0.05, 0.1) is 12.1 Å². The van der Waals surface area contributed by atoms with Crippen molar-refractivity contribution in [2.75, 3.05) is 31.9 Å². The van der Waals surface area contributed by atoms with E-state index in [4.69, 9.17) is 30.5 Å². The third kappa shape index (κ3) is 7.24. The van der Waals surface area contributed by atoms with Gasteiger partial charge in [0.1, 0.15) is 35.7 Å². The number of benzene rings is 1. The second kappa shape index (κ2) is 14.6. The van der Waals surface area contributed by atoms with Crippen molar-refractivity contribution in [3.63, 3.8) is 0 Å². The van der Waals surface area contributed by atoms with Crippen molar-refractivity contribution in [1.29, 1.82) is 0 Å². The van der Waals surface area contributed by atoms with Crippen LogP contribution in [0.4, 0.5) is 5.13 Å². The van der Waals surface area contributed by atoms with Gasteiger partial charge in [-0.05, 0) is 36.3 Å². The van der Waals surface area contributed by atoms with Crippen molar-refractivity contribution in [2.24, 2.45) is 10.9 Å². The minimum Gasteiger partial charge on any atom is -0.426 e.